The van der Waals surface area contributed by atoms with Gasteiger partial charge in [-0.15, -0.1) is 0 Å². The highest BCUT2D eigenvalue weighted by atomic mass is 16.4. The third kappa shape index (κ3) is 4.67. The van der Waals surface area contributed by atoms with Gasteiger partial charge in [-0.3, -0.25) is 4.79 Å². The lowest BCUT2D eigenvalue weighted by Crippen LogP contribution is -1.93. The third-order valence-corrected chi connectivity index (χ3v) is 4.13. The van der Waals surface area contributed by atoms with Gasteiger partial charge in [0, 0.05) is 5.56 Å². The van der Waals surface area contributed by atoms with Crippen molar-refractivity contribution < 1.29 is 9.21 Å². The number of hydrogen-bond acceptors (Lipinski definition) is 3. The summed E-state index contributed by atoms with van der Waals surface area (Å²) < 4.78 is 5.82. The zero-order valence-corrected chi connectivity index (χ0v) is 14.8. The van der Waals surface area contributed by atoms with Crippen molar-refractivity contribution in [3.63, 3.8) is 0 Å². The minimum Gasteiger partial charge on any atom is -0.441 e. The molecule has 0 aliphatic heterocycles. The van der Waals surface area contributed by atoms with Gasteiger partial charge in [0.1, 0.15) is 12.0 Å². The Morgan fingerprint density at radius 2 is 1.69 bits per heavy atom. The summed E-state index contributed by atoms with van der Waals surface area (Å²) in [6, 6.07) is 18.4. The van der Waals surface area contributed by atoms with Crippen LogP contribution in [-0.4, -0.2) is 11.3 Å². The predicted octanol–water partition coefficient (Wildman–Crippen LogP) is 5.20. The summed E-state index contributed by atoms with van der Waals surface area (Å²) in [4.78, 5) is 14.9. The van der Waals surface area contributed by atoms with E-state index in [0.29, 0.717) is 5.89 Å². The lowest BCUT2D eigenvalue weighted by molar-refractivity contribution is -0.104. The van der Waals surface area contributed by atoms with Crippen molar-refractivity contribution in [3.8, 4) is 11.5 Å². The molecule has 3 nitrogen and oxygen atoms in total. The molecular weight excluding hydrogens is 322 g/mol. The van der Waals surface area contributed by atoms with Crippen molar-refractivity contribution in [1.82, 2.24) is 4.98 Å². The van der Waals surface area contributed by atoms with Crippen LogP contribution in [0.25, 0.3) is 17.5 Å². The molecule has 0 saturated carbocycles. The molecule has 0 unspecified atom stereocenters. The molecule has 26 heavy (non-hydrogen) atoms. The van der Waals surface area contributed by atoms with Gasteiger partial charge in [-0.2, -0.15) is 0 Å². The molecule has 0 spiro atoms. The van der Waals surface area contributed by atoms with E-state index in [1.165, 1.54) is 11.6 Å². The Hall–Kier alpha value is -3.20. The van der Waals surface area contributed by atoms with Crippen molar-refractivity contribution in [2.45, 2.75) is 19.8 Å². The molecule has 0 aliphatic carbocycles. The first-order valence-corrected chi connectivity index (χ1v) is 8.65. The van der Waals surface area contributed by atoms with Crippen LogP contribution in [0.1, 0.15) is 22.6 Å². The van der Waals surface area contributed by atoms with E-state index in [-0.39, 0.29) is 0 Å². The SMILES string of the molecule is Cc1oc(-c2ccccc2)nc1CCc1ccc(C=CC=CC=O)cc1. The third-order valence-electron chi connectivity index (χ3n) is 4.13. The van der Waals surface area contributed by atoms with E-state index in [1.807, 2.05) is 49.4 Å². The molecule has 0 N–H and O–H groups in total. The smallest absolute Gasteiger partial charge is 0.226 e. The second-order valence-corrected chi connectivity index (χ2v) is 6.01. The minimum atomic E-state index is 0.682. The number of carbonyl (C=O) groups excluding carboxylic acids is 1. The molecule has 0 amide bonds. The van der Waals surface area contributed by atoms with E-state index in [0.717, 1.165) is 41.7 Å². The maximum atomic E-state index is 10.2. The molecule has 1 heterocycles. The zero-order chi connectivity index (χ0) is 18.2. The Balaban J connectivity index is 1.62. The summed E-state index contributed by atoms with van der Waals surface area (Å²) in [5, 5.41) is 0. The molecule has 0 radical (unpaired) electrons. The van der Waals surface area contributed by atoms with Gasteiger partial charge in [0.25, 0.3) is 0 Å². The van der Waals surface area contributed by atoms with Gasteiger partial charge < -0.3 is 4.42 Å². The standard InChI is InChI=1S/C23H21NO2/c1-18-22(24-23(26-18)21-9-5-2-6-10-21)16-15-20-13-11-19(12-14-20)8-4-3-7-17-25/h2-14,17H,15-16H2,1H3. The van der Waals surface area contributed by atoms with Gasteiger partial charge >= 0.3 is 0 Å². The molecule has 0 atom stereocenters. The summed E-state index contributed by atoms with van der Waals surface area (Å²) in [5.41, 5.74) is 4.37. The highest BCUT2D eigenvalue weighted by molar-refractivity contribution is 5.66. The highest BCUT2D eigenvalue weighted by Crippen LogP contribution is 2.22. The Morgan fingerprint density at radius 1 is 0.923 bits per heavy atom. The van der Waals surface area contributed by atoms with Gasteiger partial charge in [0.2, 0.25) is 5.89 Å². The van der Waals surface area contributed by atoms with E-state index in [2.05, 4.69) is 29.2 Å². The van der Waals surface area contributed by atoms with Crippen molar-refractivity contribution in [3.05, 3.63) is 95.4 Å². The van der Waals surface area contributed by atoms with Crippen molar-refractivity contribution >= 4 is 12.4 Å². The summed E-state index contributed by atoms with van der Waals surface area (Å²) >= 11 is 0. The quantitative estimate of drug-likeness (QED) is 0.336. The normalized spacial score (nSPS) is 11.4. The maximum absolute atomic E-state index is 10.2. The van der Waals surface area contributed by atoms with Gasteiger partial charge in [-0.25, -0.2) is 4.98 Å². The first-order chi connectivity index (χ1) is 12.8. The molecule has 3 aromatic rings. The molecule has 3 rings (SSSR count). The number of carbonyl (C=O) groups is 1. The van der Waals surface area contributed by atoms with E-state index in [1.54, 1.807) is 6.08 Å². The Labute approximate surface area is 153 Å². The van der Waals surface area contributed by atoms with Crippen LogP contribution < -0.4 is 0 Å². The topological polar surface area (TPSA) is 43.1 Å². The number of benzene rings is 2. The maximum Gasteiger partial charge on any atom is 0.226 e. The van der Waals surface area contributed by atoms with Crippen LogP contribution in [0.15, 0.2) is 77.2 Å². The summed E-state index contributed by atoms with van der Waals surface area (Å²) in [6.45, 7) is 1.97. The number of rotatable bonds is 7. The van der Waals surface area contributed by atoms with Crippen molar-refractivity contribution in [2.75, 3.05) is 0 Å². The number of oxazole rings is 1. The minimum absolute atomic E-state index is 0.682. The van der Waals surface area contributed by atoms with Crippen LogP contribution in [0.2, 0.25) is 0 Å². The molecule has 3 heteroatoms. The number of aromatic nitrogens is 1. The molecule has 0 saturated heterocycles. The Kier molecular flexibility index (Phi) is 5.94. The Bertz CT molecular complexity index is 903. The van der Waals surface area contributed by atoms with E-state index < -0.39 is 0 Å². The number of aldehydes is 1. The molecule has 130 valence electrons. The number of nitrogens with zero attached hydrogens (tertiary/aromatic N) is 1. The van der Waals surface area contributed by atoms with E-state index >= 15 is 0 Å². The fourth-order valence-electron chi connectivity index (χ4n) is 2.70. The molecular formula is C23H21NO2. The van der Waals surface area contributed by atoms with Crippen LogP contribution in [0.4, 0.5) is 0 Å². The zero-order valence-electron chi connectivity index (χ0n) is 14.8. The van der Waals surface area contributed by atoms with Crippen LogP contribution in [0.5, 0.6) is 0 Å². The van der Waals surface area contributed by atoms with E-state index in [9.17, 15) is 4.79 Å². The second-order valence-electron chi connectivity index (χ2n) is 6.01. The lowest BCUT2D eigenvalue weighted by atomic mass is 10.1. The Morgan fingerprint density at radius 3 is 2.42 bits per heavy atom. The van der Waals surface area contributed by atoms with Gasteiger partial charge in [-0.05, 0) is 49.1 Å². The number of aryl methyl sites for hydroxylation is 3. The largest absolute Gasteiger partial charge is 0.441 e. The van der Waals surface area contributed by atoms with Crippen LogP contribution >= 0.6 is 0 Å². The first-order valence-electron chi connectivity index (χ1n) is 8.65. The van der Waals surface area contributed by atoms with Gasteiger partial charge in [-0.1, -0.05) is 60.7 Å². The molecule has 2 aromatic carbocycles. The molecule has 0 aliphatic rings. The van der Waals surface area contributed by atoms with E-state index in [4.69, 9.17) is 4.42 Å². The average molecular weight is 343 g/mol. The molecule has 0 bridgehead atoms. The monoisotopic (exact) mass is 343 g/mol. The first kappa shape index (κ1) is 17.6. The van der Waals surface area contributed by atoms with Crippen LogP contribution in [0.3, 0.4) is 0 Å². The number of allylic oxidation sites excluding steroid dienone is 3. The summed E-state index contributed by atoms with van der Waals surface area (Å²) in [7, 11) is 0. The predicted molar refractivity (Wildman–Crippen MR) is 105 cm³/mol. The average Bonchev–Trinajstić information content (AvgIpc) is 3.06. The van der Waals surface area contributed by atoms with Gasteiger partial charge in [0.05, 0.1) is 5.69 Å². The highest BCUT2D eigenvalue weighted by Gasteiger charge is 2.11. The van der Waals surface area contributed by atoms with Crippen molar-refractivity contribution in [2.24, 2.45) is 0 Å². The summed E-state index contributed by atoms with van der Waals surface area (Å²) in [5.74, 6) is 1.56. The molecule has 1 aromatic heterocycles. The summed E-state index contributed by atoms with van der Waals surface area (Å²) in [6.07, 6.45) is 9.54. The number of hydrogen-bond donors (Lipinski definition) is 0. The second kappa shape index (κ2) is 8.77. The lowest BCUT2D eigenvalue weighted by Gasteiger charge is -2.01. The van der Waals surface area contributed by atoms with Crippen molar-refractivity contribution in [1.29, 1.82) is 0 Å². The fourth-order valence-corrected chi connectivity index (χ4v) is 2.70. The van der Waals surface area contributed by atoms with Gasteiger partial charge in [0.15, 0.2) is 0 Å². The van der Waals surface area contributed by atoms with Crippen LogP contribution in [0, 0.1) is 6.92 Å². The van der Waals surface area contributed by atoms with Crippen LogP contribution in [-0.2, 0) is 17.6 Å². The fraction of sp³-hybridized carbons (Fsp3) is 0.130. The molecule has 0 fully saturated rings.